The molecule has 162 valence electrons. The number of hydrogen-bond acceptors (Lipinski definition) is 3. The minimum absolute atomic E-state index is 0. The summed E-state index contributed by atoms with van der Waals surface area (Å²) in [6.07, 6.45) is 7.69. The molecule has 0 amide bonds. The number of methoxy groups -OCH3 is 1. The molecule has 0 bridgehead atoms. The second kappa shape index (κ2) is 14.5. The zero-order valence-electron chi connectivity index (χ0n) is 17.3. The van der Waals surface area contributed by atoms with Crippen LogP contribution in [0.3, 0.4) is 0 Å². The molecule has 3 nitrogen and oxygen atoms in total. The van der Waals surface area contributed by atoms with Crippen molar-refractivity contribution < 1.29 is 13.9 Å². The van der Waals surface area contributed by atoms with Crippen molar-refractivity contribution in [2.45, 2.75) is 58.6 Å². The highest BCUT2D eigenvalue weighted by Crippen LogP contribution is 2.37. The van der Waals surface area contributed by atoms with Gasteiger partial charge >= 0.3 is 0 Å². The first kappa shape index (κ1) is 25.5. The number of nitrogens with one attached hydrogen (secondary N) is 1. The van der Waals surface area contributed by atoms with Crippen molar-refractivity contribution in [1.29, 1.82) is 0 Å². The van der Waals surface area contributed by atoms with E-state index in [-0.39, 0.29) is 24.8 Å². The highest BCUT2D eigenvalue weighted by molar-refractivity contribution is 6.32. The molecule has 0 heterocycles. The van der Waals surface area contributed by atoms with Gasteiger partial charge in [0.05, 0.1) is 12.1 Å². The van der Waals surface area contributed by atoms with Crippen molar-refractivity contribution in [2.24, 2.45) is 0 Å². The molecule has 0 radical (unpaired) electrons. The number of hydrogen-bond donors (Lipinski definition) is 1. The molecular weight excluding hydrogens is 412 g/mol. The molecular formula is C23H32Cl2FNO2. The lowest BCUT2D eigenvalue weighted by molar-refractivity contribution is 0.279. The molecule has 0 aliphatic carbocycles. The van der Waals surface area contributed by atoms with Crippen LogP contribution in [-0.4, -0.2) is 13.7 Å². The fraction of sp³-hybridized carbons (Fsp3) is 0.478. The maximum Gasteiger partial charge on any atom is 0.180 e. The van der Waals surface area contributed by atoms with Gasteiger partial charge < -0.3 is 14.8 Å². The molecule has 0 atom stereocenters. The molecule has 0 spiro atoms. The fourth-order valence-electron chi connectivity index (χ4n) is 3.04. The molecule has 0 saturated carbocycles. The van der Waals surface area contributed by atoms with Crippen LogP contribution in [0, 0.1) is 5.82 Å². The first-order chi connectivity index (χ1) is 13.7. The monoisotopic (exact) mass is 443 g/mol. The zero-order chi connectivity index (χ0) is 20.2. The maximum atomic E-state index is 13.8. The fourth-order valence-corrected chi connectivity index (χ4v) is 3.33. The largest absolute Gasteiger partial charge is 0.493 e. The predicted octanol–water partition coefficient (Wildman–Crippen LogP) is 6.94. The Kier molecular flexibility index (Phi) is 12.8. The van der Waals surface area contributed by atoms with Gasteiger partial charge in [-0.2, -0.15) is 0 Å². The van der Waals surface area contributed by atoms with Crippen LogP contribution < -0.4 is 14.8 Å². The van der Waals surface area contributed by atoms with Gasteiger partial charge in [-0.3, -0.25) is 0 Å². The normalized spacial score (nSPS) is 10.5. The van der Waals surface area contributed by atoms with Gasteiger partial charge in [-0.1, -0.05) is 68.8 Å². The van der Waals surface area contributed by atoms with E-state index in [4.69, 9.17) is 21.1 Å². The van der Waals surface area contributed by atoms with Crippen LogP contribution >= 0.6 is 24.0 Å². The molecule has 2 aromatic rings. The Morgan fingerprint density at radius 1 is 1.03 bits per heavy atom. The number of rotatable bonds is 13. The zero-order valence-corrected chi connectivity index (χ0v) is 18.9. The van der Waals surface area contributed by atoms with Crippen molar-refractivity contribution in [3.63, 3.8) is 0 Å². The third-order valence-electron chi connectivity index (χ3n) is 4.66. The molecule has 29 heavy (non-hydrogen) atoms. The van der Waals surface area contributed by atoms with Crippen LogP contribution in [0.4, 0.5) is 4.39 Å². The summed E-state index contributed by atoms with van der Waals surface area (Å²) in [6, 6.07) is 10.3. The molecule has 0 unspecified atom stereocenters. The van der Waals surface area contributed by atoms with Gasteiger partial charge in [-0.15, -0.1) is 12.4 Å². The average Bonchev–Trinajstić information content (AvgIpc) is 2.70. The lowest BCUT2D eigenvalue weighted by atomic mass is 10.1. The second-order valence-electron chi connectivity index (χ2n) is 6.93. The summed E-state index contributed by atoms with van der Waals surface area (Å²) in [5.41, 5.74) is 1.51. The summed E-state index contributed by atoms with van der Waals surface area (Å²) in [4.78, 5) is 0. The Morgan fingerprint density at radius 3 is 2.48 bits per heavy atom. The molecule has 0 saturated heterocycles. The maximum absolute atomic E-state index is 13.8. The first-order valence-corrected chi connectivity index (χ1v) is 10.5. The third kappa shape index (κ3) is 8.81. The van der Waals surface area contributed by atoms with Crippen molar-refractivity contribution in [1.82, 2.24) is 5.32 Å². The molecule has 2 aromatic carbocycles. The molecule has 2 rings (SSSR count). The number of ether oxygens (including phenoxy) is 2. The van der Waals surface area contributed by atoms with Crippen LogP contribution in [0.1, 0.15) is 56.6 Å². The summed E-state index contributed by atoms with van der Waals surface area (Å²) in [6.45, 7) is 4.03. The Labute approximate surface area is 185 Å². The summed E-state index contributed by atoms with van der Waals surface area (Å²) in [5, 5.41) is 3.92. The van der Waals surface area contributed by atoms with E-state index in [1.165, 1.54) is 44.6 Å². The summed E-state index contributed by atoms with van der Waals surface area (Å²) < 4.78 is 25.0. The van der Waals surface area contributed by atoms with E-state index in [1.54, 1.807) is 25.3 Å². The molecule has 0 aliphatic rings. The van der Waals surface area contributed by atoms with Crippen LogP contribution in [-0.2, 0) is 13.2 Å². The van der Waals surface area contributed by atoms with Crippen LogP contribution in [0.25, 0.3) is 0 Å². The van der Waals surface area contributed by atoms with Crippen molar-refractivity contribution >= 4 is 24.0 Å². The standard InChI is InChI=1S/C23H31ClFNO2.ClH/c1-3-4-5-6-7-10-13-26-16-18-14-20(24)23(22(15-18)27-2)28-17-19-11-8-9-12-21(19)25;/h8-9,11-12,14-15,26H,3-7,10,13,16-17H2,1-2H3;1H. The van der Waals surface area contributed by atoms with Gasteiger partial charge in [0.25, 0.3) is 0 Å². The van der Waals surface area contributed by atoms with E-state index in [1.807, 2.05) is 12.1 Å². The smallest absolute Gasteiger partial charge is 0.180 e. The molecule has 0 aromatic heterocycles. The number of unbranched alkanes of at least 4 members (excludes halogenated alkanes) is 5. The predicted molar refractivity (Wildman–Crippen MR) is 121 cm³/mol. The van der Waals surface area contributed by atoms with Gasteiger partial charge in [-0.05, 0) is 36.7 Å². The highest BCUT2D eigenvalue weighted by Gasteiger charge is 2.13. The van der Waals surface area contributed by atoms with Crippen LogP contribution in [0.5, 0.6) is 11.5 Å². The Bertz CT molecular complexity index is 728. The van der Waals surface area contributed by atoms with Gasteiger partial charge in [-0.25, -0.2) is 4.39 Å². The number of benzene rings is 2. The second-order valence-corrected chi connectivity index (χ2v) is 7.34. The summed E-state index contributed by atoms with van der Waals surface area (Å²) in [5.74, 6) is 0.695. The Hall–Kier alpha value is -1.49. The van der Waals surface area contributed by atoms with E-state index >= 15 is 0 Å². The lowest BCUT2D eigenvalue weighted by Crippen LogP contribution is -2.14. The van der Waals surface area contributed by atoms with Crippen LogP contribution in [0.15, 0.2) is 36.4 Å². The minimum Gasteiger partial charge on any atom is -0.493 e. The summed E-state index contributed by atoms with van der Waals surface area (Å²) in [7, 11) is 1.58. The van der Waals surface area contributed by atoms with E-state index in [0.717, 1.165) is 18.7 Å². The molecule has 1 N–H and O–H groups in total. The van der Waals surface area contributed by atoms with Gasteiger partial charge in [0.1, 0.15) is 12.4 Å². The van der Waals surface area contributed by atoms with Gasteiger partial charge in [0, 0.05) is 12.1 Å². The molecule has 0 aliphatic heterocycles. The Balaban J connectivity index is 0.00000420. The van der Waals surface area contributed by atoms with E-state index in [0.29, 0.717) is 22.1 Å². The van der Waals surface area contributed by atoms with Crippen molar-refractivity contribution in [3.05, 3.63) is 58.4 Å². The van der Waals surface area contributed by atoms with E-state index < -0.39 is 0 Å². The number of halogens is 3. The van der Waals surface area contributed by atoms with E-state index in [2.05, 4.69) is 12.2 Å². The highest BCUT2D eigenvalue weighted by atomic mass is 35.5. The topological polar surface area (TPSA) is 30.5 Å². The van der Waals surface area contributed by atoms with Gasteiger partial charge in [0.15, 0.2) is 11.5 Å². The van der Waals surface area contributed by atoms with E-state index in [9.17, 15) is 4.39 Å². The summed E-state index contributed by atoms with van der Waals surface area (Å²) >= 11 is 6.40. The molecule has 0 fully saturated rings. The third-order valence-corrected chi connectivity index (χ3v) is 4.94. The van der Waals surface area contributed by atoms with Crippen LogP contribution in [0.2, 0.25) is 5.02 Å². The lowest BCUT2D eigenvalue weighted by Gasteiger charge is -2.15. The van der Waals surface area contributed by atoms with Crippen molar-refractivity contribution in [2.75, 3.05) is 13.7 Å². The first-order valence-electron chi connectivity index (χ1n) is 10.1. The minimum atomic E-state index is -0.298. The van der Waals surface area contributed by atoms with Gasteiger partial charge in [0.2, 0.25) is 0 Å². The SMILES string of the molecule is CCCCCCCCNCc1cc(Cl)c(OCc2ccccc2F)c(OC)c1.Cl. The average molecular weight is 444 g/mol. The Morgan fingerprint density at radius 2 is 1.76 bits per heavy atom. The molecule has 6 heteroatoms. The van der Waals surface area contributed by atoms with Crippen molar-refractivity contribution in [3.8, 4) is 11.5 Å². The quantitative estimate of drug-likeness (QED) is 0.340.